The maximum atomic E-state index is 5.66. The number of nitrogens with one attached hydrogen (secondary N) is 1. The Labute approximate surface area is 110 Å². The van der Waals surface area contributed by atoms with Crippen molar-refractivity contribution in [2.75, 3.05) is 0 Å². The molecule has 2 heterocycles. The molecule has 0 fully saturated rings. The molecule has 0 amide bonds. The summed E-state index contributed by atoms with van der Waals surface area (Å²) in [5.41, 5.74) is 5.32. The number of hydrazine groups is 1. The molecule has 1 atom stereocenters. The first kappa shape index (κ1) is 12.7. The molecule has 0 aliphatic heterocycles. The summed E-state index contributed by atoms with van der Waals surface area (Å²) in [6, 6.07) is 2.29. The van der Waals surface area contributed by atoms with Crippen LogP contribution >= 0.6 is 22.7 Å². The zero-order valence-corrected chi connectivity index (χ0v) is 11.9. The van der Waals surface area contributed by atoms with Gasteiger partial charge in [-0.15, -0.1) is 22.7 Å². The fourth-order valence-corrected chi connectivity index (χ4v) is 3.74. The molecule has 5 heteroatoms. The highest BCUT2D eigenvalue weighted by Gasteiger charge is 2.16. The number of hydrogen-bond acceptors (Lipinski definition) is 5. The Morgan fingerprint density at radius 3 is 2.65 bits per heavy atom. The van der Waals surface area contributed by atoms with Gasteiger partial charge in [0.25, 0.3) is 0 Å². The average molecular weight is 267 g/mol. The number of nitrogens with zero attached hydrogens (tertiary/aromatic N) is 1. The molecule has 0 spiro atoms. The van der Waals surface area contributed by atoms with Crippen molar-refractivity contribution in [3.63, 3.8) is 0 Å². The minimum Gasteiger partial charge on any atom is -0.271 e. The van der Waals surface area contributed by atoms with Gasteiger partial charge in [0.15, 0.2) is 0 Å². The van der Waals surface area contributed by atoms with Gasteiger partial charge in [-0.25, -0.2) is 4.98 Å². The van der Waals surface area contributed by atoms with Gasteiger partial charge < -0.3 is 0 Å². The van der Waals surface area contributed by atoms with Crippen molar-refractivity contribution in [1.29, 1.82) is 0 Å². The minimum absolute atomic E-state index is 0.167. The van der Waals surface area contributed by atoms with Gasteiger partial charge in [-0.05, 0) is 37.8 Å². The topological polar surface area (TPSA) is 50.9 Å². The zero-order valence-electron chi connectivity index (χ0n) is 10.3. The smallest absolute Gasteiger partial charge is 0.0950 e. The van der Waals surface area contributed by atoms with E-state index in [1.54, 1.807) is 22.7 Å². The van der Waals surface area contributed by atoms with Crippen molar-refractivity contribution < 1.29 is 0 Å². The second kappa shape index (κ2) is 5.27. The largest absolute Gasteiger partial charge is 0.271 e. The van der Waals surface area contributed by atoms with E-state index in [1.807, 2.05) is 0 Å². The van der Waals surface area contributed by atoms with E-state index in [0.717, 1.165) is 17.1 Å². The Morgan fingerprint density at radius 2 is 2.18 bits per heavy atom. The molecule has 0 bridgehead atoms. The molecule has 3 N–H and O–H groups in total. The van der Waals surface area contributed by atoms with E-state index in [-0.39, 0.29) is 6.04 Å². The predicted octanol–water partition coefficient (Wildman–Crippen LogP) is 2.88. The fraction of sp³-hybridized carbons (Fsp3) is 0.417. The lowest BCUT2D eigenvalue weighted by Gasteiger charge is -2.13. The minimum atomic E-state index is 0.167. The van der Waals surface area contributed by atoms with Crippen molar-refractivity contribution >= 4 is 22.7 Å². The first-order valence-electron chi connectivity index (χ1n) is 5.55. The quantitative estimate of drug-likeness (QED) is 0.661. The number of rotatable bonds is 4. The highest BCUT2D eigenvalue weighted by atomic mass is 32.1. The lowest BCUT2D eigenvalue weighted by atomic mass is 10.1. The van der Waals surface area contributed by atoms with Crippen molar-refractivity contribution in [3.8, 4) is 0 Å². The summed E-state index contributed by atoms with van der Waals surface area (Å²) in [6.45, 7) is 6.28. The molecule has 2 aromatic rings. The molecule has 3 nitrogen and oxygen atoms in total. The lowest BCUT2D eigenvalue weighted by Crippen LogP contribution is -2.29. The molecule has 0 aliphatic carbocycles. The van der Waals surface area contributed by atoms with Crippen LogP contribution in [0.4, 0.5) is 0 Å². The van der Waals surface area contributed by atoms with Gasteiger partial charge in [0.2, 0.25) is 0 Å². The Balaban J connectivity index is 2.18. The third kappa shape index (κ3) is 2.74. The standard InChI is InChI=1S/C12H17N3S2/c1-7-4-5-16-12(7)10(15-13)6-11-14-8(2)9(3)17-11/h4-5,10,15H,6,13H2,1-3H3. The van der Waals surface area contributed by atoms with Crippen LogP contribution < -0.4 is 11.3 Å². The number of thiophene rings is 1. The van der Waals surface area contributed by atoms with Crippen LogP contribution in [0.3, 0.4) is 0 Å². The first-order chi connectivity index (χ1) is 8.11. The van der Waals surface area contributed by atoms with E-state index in [4.69, 9.17) is 5.84 Å². The lowest BCUT2D eigenvalue weighted by molar-refractivity contribution is 0.557. The van der Waals surface area contributed by atoms with Crippen LogP contribution in [0.5, 0.6) is 0 Å². The summed E-state index contributed by atoms with van der Waals surface area (Å²) in [7, 11) is 0. The molecule has 17 heavy (non-hydrogen) atoms. The number of hydrogen-bond donors (Lipinski definition) is 2. The number of aryl methyl sites for hydroxylation is 3. The maximum Gasteiger partial charge on any atom is 0.0950 e. The second-order valence-corrected chi connectivity index (χ2v) is 6.38. The number of nitrogens with two attached hydrogens (primary N) is 1. The molecule has 1 unspecified atom stereocenters. The Bertz CT molecular complexity index is 482. The van der Waals surface area contributed by atoms with Crippen molar-refractivity contribution in [1.82, 2.24) is 10.4 Å². The van der Waals surface area contributed by atoms with Gasteiger partial charge in [-0.1, -0.05) is 0 Å². The first-order valence-corrected chi connectivity index (χ1v) is 7.24. The SMILES string of the molecule is Cc1ccsc1C(Cc1nc(C)c(C)s1)NN. The van der Waals surface area contributed by atoms with Gasteiger partial charge in [0.05, 0.1) is 16.7 Å². The molecule has 0 saturated heterocycles. The highest BCUT2D eigenvalue weighted by molar-refractivity contribution is 7.11. The predicted molar refractivity (Wildman–Crippen MR) is 74.4 cm³/mol. The molecule has 0 saturated carbocycles. The normalized spacial score (nSPS) is 12.9. The summed E-state index contributed by atoms with van der Waals surface area (Å²) < 4.78 is 0. The highest BCUT2D eigenvalue weighted by Crippen LogP contribution is 2.28. The third-order valence-corrected chi connectivity index (χ3v) is 5.10. The van der Waals surface area contributed by atoms with Gasteiger partial charge in [-0.3, -0.25) is 11.3 Å². The van der Waals surface area contributed by atoms with Crippen LogP contribution in [0.1, 0.15) is 32.1 Å². The average Bonchev–Trinajstić information content (AvgIpc) is 2.83. The molecular formula is C12H17N3S2. The molecule has 2 aromatic heterocycles. The molecule has 92 valence electrons. The van der Waals surface area contributed by atoms with Gasteiger partial charge in [0, 0.05) is 16.2 Å². The molecule has 2 rings (SSSR count). The number of thiazole rings is 1. The zero-order chi connectivity index (χ0) is 12.4. The Kier molecular flexibility index (Phi) is 3.93. The summed E-state index contributed by atoms with van der Waals surface area (Å²) in [5.74, 6) is 5.66. The van der Waals surface area contributed by atoms with E-state index in [9.17, 15) is 0 Å². The Morgan fingerprint density at radius 1 is 1.41 bits per heavy atom. The van der Waals surface area contributed by atoms with Crippen molar-refractivity contribution in [2.24, 2.45) is 5.84 Å². The van der Waals surface area contributed by atoms with Crippen LogP contribution in [0.15, 0.2) is 11.4 Å². The summed E-state index contributed by atoms with van der Waals surface area (Å²) >= 11 is 3.51. The van der Waals surface area contributed by atoms with E-state index < -0.39 is 0 Å². The molecule has 0 radical (unpaired) electrons. The van der Waals surface area contributed by atoms with Crippen molar-refractivity contribution in [2.45, 2.75) is 33.2 Å². The Hall–Kier alpha value is -0.750. The summed E-state index contributed by atoms with van der Waals surface area (Å²) in [6.07, 6.45) is 0.858. The third-order valence-electron chi connectivity index (χ3n) is 2.87. The van der Waals surface area contributed by atoms with Crippen LogP contribution in [0, 0.1) is 20.8 Å². The van der Waals surface area contributed by atoms with E-state index >= 15 is 0 Å². The summed E-state index contributed by atoms with van der Waals surface area (Å²) in [5, 5.41) is 3.25. The van der Waals surface area contributed by atoms with Gasteiger partial charge >= 0.3 is 0 Å². The van der Waals surface area contributed by atoms with E-state index in [2.05, 4.69) is 42.6 Å². The maximum absolute atomic E-state index is 5.66. The van der Waals surface area contributed by atoms with E-state index in [0.29, 0.717) is 0 Å². The van der Waals surface area contributed by atoms with Crippen LogP contribution in [0.25, 0.3) is 0 Å². The molecular weight excluding hydrogens is 250 g/mol. The molecule has 0 aliphatic rings. The monoisotopic (exact) mass is 267 g/mol. The van der Waals surface area contributed by atoms with Gasteiger partial charge in [0.1, 0.15) is 0 Å². The van der Waals surface area contributed by atoms with Crippen LogP contribution in [-0.2, 0) is 6.42 Å². The van der Waals surface area contributed by atoms with Crippen LogP contribution in [0.2, 0.25) is 0 Å². The van der Waals surface area contributed by atoms with Crippen LogP contribution in [-0.4, -0.2) is 4.98 Å². The second-order valence-electron chi connectivity index (χ2n) is 4.14. The van der Waals surface area contributed by atoms with Gasteiger partial charge in [-0.2, -0.15) is 0 Å². The number of aromatic nitrogens is 1. The fourth-order valence-electron chi connectivity index (χ4n) is 1.77. The molecule has 0 aromatic carbocycles. The van der Waals surface area contributed by atoms with E-state index in [1.165, 1.54) is 15.3 Å². The summed E-state index contributed by atoms with van der Waals surface area (Å²) in [4.78, 5) is 7.16. The van der Waals surface area contributed by atoms with Crippen molar-refractivity contribution in [3.05, 3.63) is 37.5 Å².